The number of rotatable bonds is 3. The molecular formula is C12H17NO3. The fraction of sp³-hybridized carbons (Fsp3) is 0.500. The van der Waals surface area contributed by atoms with Gasteiger partial charge in [-0.1, -0.05) is 13.8 Å². The van der Waals surface area contributed by atoms with Crippen LogP contribution in [-0.4, -0.2) is 18.4 Å². The Morgan fingerprint density at radius 2 is 1.81 bits per heavy atom. The Bertz CT molecular complexity index is 390. The lowest BCUT2D eigenvalue weighted by Gasteiger charge is -2.17. The Kier molecular flexibility index (Phi) is 3.03. The standard InChI is InChI=1S/C12H17NO3/c1-7(2)8-3-11-12(16-6-15-11)4-9(8)10(14)5-13/h3-4,7,10,14H,5-6,13H2,1-2H3. The van der Waals surface area contributed by atoms with E-state index in [1.165, 1.54) is 0 Å². The minimum absolute atomic E-state index is 0.208. The minimum Gasteiger partial charge on any atom is -0.454 e. The normalized spacial score (nSPS) is 15.6. The summed E-state index contributed by atoms with van der Waals surface area (Å²) in [5, 5.41) is 9.87. The largest absolute Gasteiger partial charge is 0.454 e. The summed E-state index contributed by atoms with van der Waals surface area (Å²) < 4.78 is 10.6. The van der Waals surface area contributed by atoms with Gasteiger partial charge in [-0.25, -0.2) is 0 Å². The van der Waals surface area contributed by atoms with Crippen LogP contribution in [0.1, 0.15) is 37.0 Å². The summed E-state index contributed by atoms with van der Waals surface area (Å²) in [5.74, 6) is 1.74. The average molecular weight is 223 g/mol. The van der Waals surface area contributed by atoms with E-state index in [1.807, 2.05) is 12.1 Å². The highest BCUT2D eigenvalue weighted by Gasteiger charge is 2.21. The van der Waals surface area contributed by atoms with Gasteiger partial charge in [0.2, 0.25) is 6.79 Å². The maximum Gasteiger partial charge on any atom is 0.231 e. The van der Waals surface area contributed by atoms with Gasteiger partial charge in [-0.15, -0.1) is 0 Å². The summed E-state index contributed by atoms with van der Waals surface area (Å²) >= 11 is 0. The van der Waals surface area contributed by atoms with Gasteiger partial charge in [0.15, 0.2) is 11.5 Å². The molecule has 3 N–H and O–H groups in total. The first-order valence-electron chi connectivity index (χ1n) is 5.45. The van der Waals surface area contributed by atoms with Crippen LogP contribution >= 0.6 is 0 Å². The highest BCUT2D eigenvalue weighted by Crippen LogP contribution is 2.39. The van der Waals surface area contributed by atoms with E-state index in [2.05, 4.69) is 13.8 Å². The third-order valence-corrected chi connectivity index (χ3v) is 2.78. The van der Waals surface area contributed by atoms with Crippen LogP contribution in [-0.2, 0) is 0 Å². The zero-order valence-corrected chi connectivity index (χ0v) is 9.56. The number of aliphatic hydroxyl groups is 1. The van der Waals surface area contributed by atoms with Crippen molar-refractivity contribution in [1.82, 2.24) is 0 Å². The van der Waals surface area contributed by atoms with Gasteiger partial charge < -0.3 is 20.3 Å². The van der Waals surface area contributed by atoms with Gasteiger partial charge >= 0.3 is 0 Å². The van der Waals surface area contributed by atoms with E-state index in [9.17, 15) is 5.11 Å². The molecule has 4 heteroatoms. The van der Waals surface area contributed by atoms with Crippen molar-refractivity contribution < 1.29 is 14.6 Å². The Morgan fingerprint density at radius 3 is 2.31 bits per heavy atom. The number of hydrogen-bond donors (Lipinski definition) is 2. The van der Waals surface area contributed by atoms with Crippen LogP contribution in [0.2, 0.25) is 0 Å². The summed E-state index contributed by atoms with van der Waals surface area (Å²) in [4.78, 5) is 0. The van der Waals surface area contributed by atoms with Crippen LogP contribution in [0, 0.1) is 0 Å². The zero-order valence-electron chi connectivity index (χ0n) is 9.56. The lowest BCUT2D eigenvalue weighted by atomic mass is 9.93. The summed E-state index contributed by atoms with van der Waals surface area (Å²) in [6.07, 6.45) is -0.646. The second-order valence-electron chi connectivity index (χ2n) is 4.24. The third-order valence-electron chi connectivity index (χ3n) is 2.78. The van der Waals surface area contributed by atoms with E-state index in [4.69, 9.17) is 15.2 Å². The molecule has 4 nitrogen and oxygen atoms in total. The first kappa shape index (κ1) is 11.2. The van der Waals surface area contributed by atoms with E-state index >= 15 is 0 Å². The van der Waals surface area contributed by atoms with Crippen LogP contribution in [0.4, 0.5) is 0 Å². The van der Waals surface area contributed by atoms with Gasteiger partial charge in [-0.2, -0.15) is 0 Å². The van der Waals surface area contributed by atoms with Crippen molar-refractivity contribution in [3.8, 4) is 11.5 Å². The molecule has 1 aliphatic rings. The average Bonchev–Trinajstić information content (AvgIpc) is 2.73. The first-order valence-corrected chi connectivity index (χ1v) is 5.45. The Labute approximate surface area is 95.0 Å². The molecule has 88 valence electrons. The fourth-order valence-corrected chi connectivity index (χ4v) is 1.89. The molecule has 16 heavy (non-hydrogen) atoms. The summed E-state index contributed by atoms with van der Waals surface area (Å²) in [7, 11) is 0. The molecule has 1 aromatic carbocycles. The molecule has 1 aliphatic heterocycles. The maximum absolute atomic E-state index is 9.87. The number of fused-ring (bicyclic) bond motifs is 1. The van der Waals surface area contributed by atoms with Crippen LogP contribution in [0.15, 0.2) is 12.1 Å². The molecule has 0 amide bonds. The van der Waals surface area contributed by atoms with E-state index < -0.39 is 6.10 Å². The van der Waals surface area contributed by atoms with Crippen molar-refractivity contribution in [2.75, 3.05) is 13.3 Å². The van der Waals surface area contributed by atoms with Gasteiger partial charge in [0.25, 0.3) is 0 Å². The predicted molar refractivity (Wildman–Crippen MR) is 60.7 cm³/mol. The smallest absolute Gasteiger partial charge is 0.231 e. The monoisotopic (exact) mass is 223 g/mol. The van der Waals surface area contributed by atoms with Gasteiger partial charge in [-0.05, 0) is 29.2 Å². The SMILES string of the molecule is CC(C)c1cc2c(cc1C(O)CN)OCO2. The molecule has 0 fully saturated rings. The molecule has 0 spiro atoms. The molecule has 1 unspecified atom stereocenters. The molecule has 1 aromatic rings. The minimum atomic E-state index is -0.646. The molecule has 0 bridgehead atoms. The van der Waals surface area contributed by atoms with Crippen LogP contribution in [0.25, 0.3) is 0 Å². The highest BCUT2D eigenvalue weighted by atomic mass is 16.7. The van der Waals surface area contributed by atoms with E-state index in [0.29, 0.717) is 11.7 Å². The predicted octanol–water partition coefficient (Wildman–Crippen LogP) is 1.53. The first-order chi connectivity index (χ1) is 7.63. The molecule has 2 rings (SSSR count). The lowest BCUT2D eigenvalue weighted by Crippen LogP contribution is -2.14. The number of nitrogens with two attached hydrogens (primary N) is 1. The highest BCUT2D eigenvalue weighted by molar-refractivity contribution is 5.50. The molecule has 0 aromatic heterocycles. The third kappa shape index (κ3) is 1.86. The molecule has 0 saturated heterocycles. The van der Waals surface area contributed by atoms with Crippen LogP contribution in [0.5, 0.6) is 11.5 Å². The molecule has 0 aliphatic carbocycles. The van der Waals surface area contributed by atoms with Crippen molar-refractivity contribution in [2.24, 2.45) is 5.73 Å². The van der Waals surface area contributed by atoms with E-state index in [-0.39, 0.29) is 13.3 Å². The second-order valence-corrected chi connectivity index (χ2v) is 4.24. The summed E-state index contributed by atoms with van der Waals surface area (Å²) in [5.41, 5.74) is 7.39. The van der Waals surface area contributed by atoms with Crippen LogP contribution in [0.3, 0.4) is 0 Å². The van der Waals surface area contributed by atoms with Crippen molar-refractivity contribution in [2.45, 2.75) is 25.9 Å². The molecule has 1 atom stereocenters. The van der Waals surface area contributed by atoms with Crippen molar-refractivity contribution >= 4 is 0 Å². The maximum atomic E-state index is 9.87. The van der Waals surface area contributed by atoms with Gasteiger partial charge in [-0.3, -0.25) is 0 Å². The van der Waals surface area contributed by atoms with Crippen molar-refractivity contribution in [3.63, 3.8) is 0 Å². The number of ether oxygens (including phenoxy) is 2. The topological polar surface area (TPSA) is 64.7 Å². The molecular weight excluding hydrogens is 206 g/mol. The van der Waals surface area contributed by atoms with Gasteiger partial charge in [0.1, 0.15) is 0 Å². The quantitative estimate of drug-likeness (QED) is 0.815. The van der Waals surface area contributed by atoms with E-state index in [0.717, 1.165) is 16.9 Å². The molecule has 0 radical (unpaired) electrons. The van der Waals surface area contributed by atoms with Gasteiger partial charge in [0.05, 0.1) is 6.10 Å². The second kappa shape index (κ2) is 4.31. The van der Waals surface area contributed by atoms with Gasteiger partial charge in [0, 0.05) is 6.54 Å². The molecule has 1 heterocycles. The Balaban J connectivity index is 2.48. The van der Waals surface area contributed by atoms with Crippen molar-refractivity contribution in [1.29, 1.82) is 0 Å². The number of aliphatic hydroxyl groups excluding tert-OH is 1. The summed E-state index contributed by atoms with van der Waals surface area (Å²) in [6, 6.07) is 3.76. The Hall–Kier alpha value is -1.26. The zero-order chi connectivity index (χ0) is 11.7. The van der Waals surface area contributed by atoms with E-state index in [1.54, 1.807) is 0 Å². The molecule has 0 saturated carbocycles. The number of hydrogen-bond acceptors (Lipinski definition) is 4. The lowest BCUT2D eigenvalue weighted by molar-refractivity contribution is 0.172. The number of benzene rings is 1. The summed E-state index contributed by atoms with van der Waals surface area (Å²) in [6.45, 7) is 4.60. The van der Waals surface area contributed by atoms with Crippen molar-refractivity contribution in [3.05, 3.63) is 23.3 Å². The Morgan fingerprint density at radius 1 is 1.25 bits per heavy atom. The van der Waals surface area contributed by atoms with Crippen LogP contribution < -0.4 is 15.2 Å². The fourth-order valence-electron chi connectivity index (χ4n) is 1.89.